The number of carbonyl (C=O) groups is 1. The molecule has 0 spiro atoms. The molecule has 0 saturated heterocycles. The Labute approximate surface area is 205 Å². The molecule has 4 aromatic rings. The third kappa shape index (κ3) is 6.12. The second-order valence-electron chi connectivity index (χ2n) is 8.31. The first-order valence-electron chi connectivity index (χ1n) is 11.7. The van der Waals surface area contributed by atoms with Gasteiger partial charge in [0.05, 0.1) is 44.3 Å². The number of hydrogen-bond acceptors (Lipinski definition) is 5. The lowest BCUT2D eigenvalue weighted by atomic mass is 10.1. The smallest absolute Gasteiger partial charge is 0.224 e. The Morgan fingerprint density at radius 1 is 0.943 bits per heavy atom. The number of para-hydroxylation sites is 2. The fourth-order valence-corrected chi connectivity index (χ4v) is 4.05. The molecule has 1 heterocycles. The number of aromatic nitrogens is 2. The maximum Gasteiger partial charge on any atom is 0.224 e. The monoisotopic (exact) mass is 473 g/mol. The summed E-state index contributed by atoms with van der Waals surface area (Å²) in [4.78, 5) is 17.6. The summed E-state index contributed by atoms with van der Waals surface area (Å²) in [5, 5.41) is 3.10. The molecule has 35 heavy (non-hydrogen) atoms. The van der Waals surface area contributed by atoms with Crippen LogP contribution in [0.1, 0.15) is 30.8 Å². The van der Waals surface area contributed by atoms with Gasteiger partial charge in [0, 0.05) is 12.6 Å². The van der Waals surface area contributed by atoms with Crippen LogP contribution in [0.15, 0.2) is 72.8 Å². The van der Waals surface area contributed by atoms with Crippen LogP contribution in [0.25, 0.3) is 11.0 Å². The van der Waals surface area contributed by atoms with Gasteiger partial charge in [0.2, 0.25) is 5.91 Å². The van der Waals surface area contributed by atoms with Crippen LogP contribution in [0, 0.1) is 0 Å². The quantitative estimate of drug-likeness (QED) is 0.312. The molecule has 0 radical (unpaired) electrons. The van der Waals surface area contributed by atoms with Crippen LogP contribution in [0.5, 0.6) is 17.2 Å². The highest BCUT2D eigenvalue weighted by Gasteiger charge is 2.18. The first-order valence-corrected chi connectivity index (χ1v) is 11.7. The van der Waals surface area contributed by atoms with E-state index in [0.717, 1.165) is 52.6 Å². The molecule has 1 atom stereocenters. The van der Waals surface area contributed by atoms with E-state index in [1.165, 1.54) is 0 Å². The van der Waals surface area contributed by atoms with Crippen LogP contribution >= 0.6 is 0 Å². The molecule has 7 heteroatoms. The summed E-state index contributed by atoms with van der Waals surface area (Å²) < 4.78 is 18.5. The molecule has 3 aromatic carbocycles. The Bertz CT molecular complexity index is 1270. The average Bonchev–Trinajstić information content (AvgIpc) is 3.26. The van der Waals surface area contributed by atoms with Crippen LogP contribution in [0.4, 0.5) is 0 Å². The normalized spacial score (nSPS) is 11.7. The molecule has 0 saturated carbocycles. The van der Waals surface area contributed by atoms with Crippen molar-refractivity contribution in [2.75, 3.05) is 20.8 Å². The summed E-state index contributed by atoms with van der Waals surface area (Å²) in [7, 11) is 3.27. The minimum Gasteiger partial charge on any atom is -0.497 e. The minimum atomic E-state index is -0.243. The number of nitrogens with zero attached hydrogens (tertiary/aromatic N) is 2. The molecule has 1 amide bonds. The van der Waals surface area contributed by atoms with Crippen molar-refractivity contribution in [3.05, 3.63) is 84.2 Å². The largest absolute Gasteiger partial charge is 0.497 e. The highest BCUT2D eigenvalue weighted by Crippen LogP contribution is 2.23. The molecule has 182 valence electrons. The van der Waals surface area contributed by atoms with E-state index in [1.807, 2.05) is 73.7 Å². The zero-order valence-corrected chi connectivity index (χ0v) is 20.4. The molecule has 1 aromatic heterocycles. The van der Waals surface area contributed by atoms with Crippen LogP contribution in [-0.2, 0) is 17.8 Å². The van der Waals surface area contributed by atoms with Gasteiger partial charge in [0.15, 0.2) is 0 Å². The Morgan fingerprint density at radius 2 is 1.69 bits per heavy atom. The second-order valence-corrected chi connectivity index (χ2v) is 8.31. The van der Waals surface area contributed by atoms with E-state index in [2.05, 4.69) is 16.0 Å². The average molecular weight is 474 g/mol. The van der Waals surface area contributed by atoms with E-state index in [1.54, 1.807) is 14.2 Å². The first kappa shape index (κ1) is 24.1. The van der Waals surface area contributed by atoms with Gasteiger partial charge in [-0.1, -0.05) is 30.3 Å². The number of rotatable bonds is 11. The SMILES string of the molecule is COc1ccc(CC(=O)NC(C)c2nc3ccccc3n2CCCOc2cccc(OC)c2)cc1. The topological polar surface area (TPSA) is 74.6 Å². The van der Waals surface area contributed by atoms with E-state index < -0.39 is 0 Å². The number of fused-ring (bicyclic) bond motifs is 1. The number of hydrogen-bond donors (Lipinski definition) is 1. The zero-order valence-electron chi connectivity index (χ0n) is 20.4. The Morgan fingerprint density at radius 3 is 2.46 bits per heavy atom. The fourth-order valence-electron chi connectivity index (χ4n) is 4.05. The Kier molecular flexibility index (Phi) is 7.88. The molecule has 1 unspecified atom stereocenters. The standard InChI is InChI=1S/C28H31N3O4/c1-20(29-27(32)18-21-12-14-22(33-2)15-13-21)28-30-25-10-4-5-11-26(25)31(28)16-7-17-35-24-9-6-8-23(19-24)34-3/h4-6,8-15,19-20H,7,16-18H2,1-3H3,(H,29,32). The van der Waals surface area contributed by atoms with Crippen molar-refractivity contribution in [2.24, 2.45) is 0 Å². The molecule has 0 bridgehead atoms. The van der Waals surface area contributed by atoms with Crippen LogP contribution in [0.3, 0.4) is 0 Å². The van der Waals surface area contributed by atoms with Gasteiger partial charge in [-0.2, -0.15) is 0 Å². The van der Waals surface area contributed by atoms with Crippen molar-refractivity contribution >= 4 is 16.9 Å². The molecule has 0 fully saturated rings. The maximum absolute atomic E-state index is 12.7. The maximum atomic E-state index is 12.7. The van der Waals surface area contributed by atoms with Gasteiger partial charge in [-0.05, 0) is 55.3 Å². The number of ether oxygens (including phenoxy) is 3. The zero-order chi connectivity index (χ0) is 24.6. The predicted molar refractivity (Wildman–Crippen MR) is 136 cm³/mol. The van der Waals surface area contributed by atoms with Crippen LogP contribution < -0.4 is 19.5 Å². The first-order chi connectivity index (χ1) is 17.1. The van der Waals surface area contributed by atoms with Crippen molar-refractivity contribution < 1.29 is 19.0 Å². The van der Waals surface area contributed by atoms with Crippen molar-refractivity contribution in [1.82, 2.24) is 14.9 Å². The summed E-state index contributed by atoms with van der Waals surface area (Å²) in [6, 6.07) is 22.9. The molecular weight excluding hydrogens is 442 g/mol. The summed E-state index contributed by atoms with van der Waals surface area (Å²) in [6.45, 7) is 3.24. The van der Waals surface area contributed by atoms with Crippen LogP contribution in [0.2, 0.25) is 0 Å². The third-order valence-corrected chi connectivity index (χ3v) is 5.81. The highest BCUT2D eigenvalue weighted by molar-refractivity contribution is 5.79. The second kappa shape index (κ2) is 11.4. The fraction of sp³-hybridized carbons (Fsp3) is 0.286. The van der Waals surface area contributed by atoms with E-state index >= 15 is 0 Å². The van der Waals surface area contributed by atoms with Gasteiger partial charge in [0.1, 0.15) is 23.1 Å². The minimum absolute atomic E-state index is 0.0531. The number of methoxy groups -OCH3 is 2. The summed E-state index contributed by atoms with van der Waals surface area (Å²) >= 11 is 0. The lowest BCUT2D eigenvalue weighted by Gasteiger charge is -2.17. The van der Waals surface area contributed by atoms with Gasteiger partial charge >= 0.3 is 0 Å². The summed E-state index contributed by atoms with van der Waals surface area (Å²) in [6.07, 6.45) is 1.08. The van der Waals surface area contributed by atoms with E-state index in [9.17, 15) is 4.79 Å². The van der Waals surface area contributed by atoms with Gasteiger partial charge in [-0.3, -0.25) is 4.79 Å². The summed E-state index contributed by atoms with van der Waals surface area (Å²) in [5.41, 5.74) is 2.88. The van der Waals surface area contributed by atoms with Crippen molar-refractivity contribution in [3.8, 4) is 17.2 Å². The Balaban J connectivity index is 1.41. The van der Waals surface area contributed by atoms with E-state index in [0.29, 0.717) is 13.0 Å². The number of nitrogens with one attached hydrogen (secondary N) is 1. The van der Waals surface area contributed by atoms with Crippen LogP contribution in [-0.4, -0.2) is 36.3 Å². The lowest BCUT2D eigenvalue weighted by Crippen LogP contribution is -2.30. The molecular formula is C28H31N3O4. The third-order valence-electron chi connectivity index (χ3n) is 5.81. The number of carbonyl (C=O) groups excluding carboxylic acids is 1. The number of benzene rings is 3. The molecule has 4 rings (SSSR count). The molecule has 7 nitrogen and oxygen atoms in total. The predicted octanol–water partition coefficient (Wildman–Crippen LogP) is 4.94. The Hall–Kier alpha value is -4.00. The van der Waals surface area contributed by atoms with Crippen molar-refractivity contribution in [2.45, 2.75) is 32.4 Å². The van der Waals surface area contributed by atoms with Gasteiger partial charge in [-0.25, -0.2) is 4.98 Å². The van der Waals surface area contributed by atoms with Gasteiger partial charge in [-0.15, -0.1) is 0 Å². The van der Waals surface area contributed by atoms with Gasteiger partial charge in [0.25, 0.3) is 0 Å². The lowest BCUT2D eigenvalue weighted by molar-refractivity contribution is -0.121. The molecule has 0 aliphatic rings. The van der Waals surface area contributed by atoms with E-state index in [4.69, 9.17) is 19.2 Å². The number of aryl methyl sites for hydroxylation is 1. The molecule has 1 N–H and O–H groups in total. The van der Waals surface area contributed by atoms with Gasteiger partial charge < -0.3 is 24.1 Å². The highest BCUT2D eigenvalue weighted by atomic mass is 16.5. The molecule has 0 aliphatic carbocycles. The summed E-state index contributed by atoms with van der Waals surface area (Å²) in [5.74, 6) is 3.09. The molecule has 0 aliphatic heterocycles. The van der Waals surface area contributed by atoms with Crippen molar-refractivity contribution in [1.29, 1.82) is 0 Å². The van der Waals surface area contributed by atoms with E-state index in [-0.39, 0.29) is 11.9 Å². The van der Waals surface area contributed by atoms with Crippen molar-refractivity contribution in [3.63, 3.8) is 0 Å². The number of imidazole rings is 1. The number of amides is 1.